The summed E-state index contributed by atoms with van der Waals surface area (Å²) in [5.74, 6) is -0.608. The molecule has 0 aliphatic carbocycles. The molecule has 0 spiro atoms. The van der Waals surface area contributed by atoms with E-state index in [9.17, 15) is 13.2 Å². The topological polar surface area (TPSA) is 73.6 Å². The third-order valence-electron chi connectivity index (χ3n) is 3.64. The first-order chi connectivity index (χ1) is 12.3. The molecule has 0 amide bonds. The van der Waals surface area contributed by atoms with Crippen LogP contribution in [0, 0.1) is 6.92 Å². The molecule has 134 valence electrons. The SMILES string of the molecule is Cc1cc(Cl)ccc1OC(=O)c1ccc(CS(=O)(=O)c2ccccc2)o1. The minimum absolute atomic E-state index is 0.0717. The maximum Gasteiger partial charge on any atom is 0.379 e. The van der Waals surface area contributed by atoms with Gasteiger partial charge in [0.05, 0.1) is 4.90 Å². The molecule has 0 aliphatic heterocycles. The van der Waals surface area contributed by atoms with Crippen LogP contribution in [0.15, 0.2) is 70.0 Å². The van der Waals surface area contributed by atoms with E-state index < -0.39 is 15.8 Å². The van der Waals surface area contributed by atoms with E-state index >= 15 is 0 Å². The van der Waals surface area contributed by atoms with Gasteiger partial charge in [-0.05, 0) is 55.0 Å². The van der Waals surface area contributed by atoms with Crippen molar-refractivity contribution in [3.05, 3.63) is 82.8 Å². The quantitative estimate of drug-likeness (QED) is 0.475. The second-order valence-corrected chi connectivity index (χ2v) is 8.06. The monoisotopic (exact) mass is 390 g/mol. The van der Waals surface area contributed by atoms with E-state index in [4.69, 9.17) is 20.8 Å². The van der Waals surface area contributed by atoms with Gasteiger partial charge in [0.2, 0.25) is 5.76 Å². The number of benzene rings is 2. The van der Waals surface area contributed by atoms with E-state index in [0.717, 1.165) is 0 Å². The first-order valence-electron chi connectivity index (χ1n) is 7.70. The Kier molecular flexibility index (Phi) is 5.15. The fourth-order valence-electron chi connectivity index (χ4n) is 2.34. The number of aryl methyl sites for hydroxylation is 1. The van der Waals surface area contributed by atoms with Crippen LogP contribution in [0.25, 0.3) is 0 Å². The van der Waals surface area contributed by atoms with E-state index in [2.05, 4.69) is 0 Å². The highest BCUT2D eigenvalue weighted by Crippen LogP contribution is 2.24. The lowest BCUT2D eigenvalue weighted by molar-refractivity contribution is 0.0698. The lowest BCUT2D eigenvalue weighted by atomic mass is 10.2. The predicted octanol–water partition coefficient (Wildman–Crippen LogP) is 4.43. The Hall–Kier alpha value is -2.57. The number of ether oxygens (including phenoxy) is 1. The fourth-order valence-corrected chi connectivity index (χ4v) is 3.84. The number of esters is 1. The van der Waals surface area contributed by atoms with Crippen LogP contribution < -0.4 is 4.74 Å². The van der Waals surface area contributed by atoms with Gasteiger partial charge >= 0.3 is 5.97 Å². The van der Waals surface area contributed by atoms with Crippen LogP contribution in [-0.4, -0.2) is 14.4 Å². The van der Waals surface area contributed by atoms with E-state index in [0.29, 0.717) is 16.3 Å². The molecule has 26 heavy (non-hydrogen) atoms. The van der Waals surface area contributed by atoms with Gasteiger partial charge in [-0.25, -0.2) is 13.2 Å². The molecule has 0 saturated carbocycles. The number of sulfone groups is 1. The summed E-state index contributed by atoms with van der Waals surface area (Å²) in [5, 5.41) is 0.536. The molecule has 7 heteroatoms. The third-order valence-corrected chi connectivity index (χ3v) is 5.53. The van der Waals surface area contributed by atoms with Crippen molar-refractivity contribution >= 4 is 27.4 Å². The molecule has 1 heterocycles. The summed E-state index contributed by atoms with van der Waals surface area (Å²) in [5.41, 5.74) is 0.698. The van der Waals surface area contributed by atoms with Crippen LogP contribution in [0.3, 0.4) is 0 Å². The summed E-state index contributed by atoms with van der Waals surface area (Å²) in [6.07, 6.45) is 0. The molecule has 0 radical (unpaired) electrons. The number of hydrogen-bond donors (Lipinski definition) is 0. The third kappa shape index (κ3) is 4.15. The van der Waals surface area contributed by atoms with Gasteiger partial charge < -0.3 is 9.15 Å². The van der Waals surface area contributed by atoms with Crippen LogP contribution in [0.2, 0.25) is 5.02 Å². The average molecular weight is 391 g/mol. The zero-order valence-corrected chi connectivity index (χ0v) is 15.4. The molecule has 3 aromatic rings. The van der Waals surface area contributed by atoms with Crippen molar-refractivity contribution in [1.29, 1.82) is 0 Å². The Morgan fingerprint density at radius 1 is 1.08 bits per heavy atom. The van der Waals surface area contributed by atoms with E-state index in [1.54, 1.807) is 43.3 Å². The lowest BCUT2D eigenvalue weighted by Gasteiger charge is -2.06. The van der Waals surface area contributed by atoms with Crippen molar-refractivity contribution in [2.75, 3.05) is 0 Å². The van der Waals surface area contributed by atoms with Gasteiger partial charge in [0.25, 0.3) is 0 Å². The molecule has 0 bridgehead atoms. The Labute approximate surface area is 156 Å². The number of hydrogen-bond acceptors (Lipinski definition) is 5. The smallest absolute Gasteiger partial charge is 0.379 e. The highest BCUT2D eigenvalue weighted by Gasteiger charge is 2.20. The molecule has 0 aliphatic rings. The normalized spacial score (nSPS) is 11.3. The minimum Gasteiger partial charge on any atom is -0.453 e. The van der Waals surface area contributed by atoms with E-state index in [1.807, 2.05) is 0 Å². The highest BCUT2D eigenvalue weighted by atomic mass is 35.5. The molecular weight excluding hydrogens is 376 g/mol. The Morgan fingerprint density at radius 3 is 2.50 bits per heavy atom. The number of carbonyl (C=O) groups excluding carboxylic acids is 1. The largest absolute Gasteiger partial charge is 0.453 e. The van der Waals surface area contributed by atoms with E-state index in [-0.39, 0.29) is 22.2 Å². The lowest BCUT2D eigenvalue weighted by Crippen LogP contribution is -2.08. The van der Waals surface area contributed by atoms with Crippen LogP contribution in [-0.2, 0) is 15.6 Å². The van der Waals surface area contributed by atoms with Gasteiger partial charge in [0, 0.05) is 5.02 Å². The summed E-state index contributed by atoms with van der Waals surface area (Å²) in [6, 6.07) is 15.8. The van der Waals surface area contributed by atoms with Crippen molar-refractivity contribution in [2.24, 2.45) is 0 Å². The maximum atomic E-state index is 12.4. The van der Waals surface area contributed by atoms with Crippen molar-refractivity contribution in [3.63, 3.8) is 0 Å². The van der Waals surface area contributed by atoms with Gasteiger partial charge in [-0.15, -0.1) is 0 Å². The van der Waals surface area contributed by atoms with Gasteiger partial charge in [0.15, 0.2) is 9.84 Å². The fraction of sp³-hybridized carbons (Fsp3) is 0.105. The second-order valence-electron chi connectivity index (χ2n) is 5.64. The summed E-state index contributed by atoms with van der Waals surface area (Å²) in [4.78, 5) is 12.4. The molecule has 0 unspecified atom stereocenters. The first kappa shape index (κ1) is 18.2. The molecule has 0 saturated heterocycles. The van der Waals surface area contributed by atoms with Crippen LogP contribution >= 0.6 is 11.6 Å². The minimum atomic E-state index is -3.56. The van der Waals surface area contributed by atoms with Gasteiger partial charge in [-0.2, -0.15) is 0 Å². The zero-order chi connectivity index (χ0) is 18.7. The van der Waals surface area contributed by atoms with Gasteiger partial charge in [-0.3, -0.25) is 0 Å². The molecular formula is C19H15ClO5S. The van der Waals surface area contributed by atoms with Crippen LogP contribution in [0.4, 0.5) is 0 Å². The molecule has 5 nitrogen and oxygen atoms in total. The van der Waals surface area contributed by atoms with Crippen LogP contribution in [0.1, 0.15) is 21.9 Å². The molecule has 2 aromatic carbocycles. The van der Waals surface area contributed by atoms with Gasteiger partial charge in [-0.1, -0.05) is 29.8 Å². The second kappa shape index (κ2) is 7.35. The zero-order valence-electron chi connectivity index (χ0n) is 13.8. The van der Waals surface area contributed by atoms with Crippen LogP contribution in [0.5, 0.6) is 5.75 Å². The predicted molar refractivity (Wildman–Crippen MR) is 97.2 cm³/mol. The maximum absolute atomic E-state index is 12.4. The van der Waals surface area contributed by atoms with Crippen molar-refractivity contribution in [3.8, 4) is 5.75 Å². The molecule has 0 fully saturated rings. The van der Waals surface area contributed by atoms with Crippen molar-refractivity contribution in [1.82, 2.24) is 0 Å². The van der Waals surface area contributed by atoms with Gasteiger partial charge in [0.1, 0.15) is 17.3 Å². The Balaban J connectivity index is 1.74. The number of rotatable bonds is 5. The van der Waals surface area contributed by atoms with Crippen molar-refractivity contribution in [2.45, 2.75) is 17.6 Å². The molecule has 0 N–H and O–H groups in total. The molecule has 3 rings (SSSR count). The highest BCUT2D eigenvalue weighted by molar-refractivity contribution is 7.90. The Morgan fingerprint density at radius 2 is 1.81 bits per heavy atom. The molecule has 1 aromatic heterocycles. The molecule has 0 atom stereocenters. The number of halogens is 1. The average Bonchev–Trinajstić information content (AvgIpc) is 3.06. The number of furan rings is 1. The number of carbonyl (C=O) groups is 1. The first-order valence-corrected chi connectivity index (χ1v) is 9.73. The summed E-state index contributed by atoms with van der Waals surface area (Å²) in [7, 11) is -3.56. The summed E-state index contributed by atoms with van der Waals surface area (Å²) < 4.78 is 35.4. The summed E-state index contributed by atoms with van der Waals surface area (Å²) >= 11 is 5.87. The Bertz CT molecular complexity index is 1040. The van der Waals surface area contributed by atoms with Crippen molar-refractivity contribution < 1.29 is 22.4 Å². The summed E-state index contributed by atoms with van der Waals surface area (Å²) in [6.45, 7) is 1.76. The standard InChI is InChI=1S/C19H15ClO5S/c1-13-11-14(20)7-9-17(13)25-19(21)18-10-8-15(24-18)12-26(22,23)16-5-3-2-4-6-16/h2-11H,12H2,1H3. The van der Waals surface area contributed by atoms with E-state index in [1.165, 1.54) is 24.3 Å².